The van der Waals surface area contributed by atoms with Gasteiger partial charge >= 0.3 is 6.09 Å². The Kier molecular flexibility index (Phi) is 5.08. The molecule has 0 aromatic heterocycles. The summed E-state index contributed by atoms with van der Waals surface area (Å²) in [7, 11) is 0. The molecule has 2 saturated heterocycles. The Morgan fingerprint density at radius 1 is 1.14 bits per heavy atom. The fraction of sp³-hybridized carbons (Fsp3) is 0.636. The molecule has 1 aromatic carbocycles. The van der Waals surface area contributed by atoms with Crippen molar-refractivity contribution in [1.82, 2.24) is 9.80 Å². The molecule has 152 valence electrons. The number of ether oxygens (including phenoxy) is 1. The minimum absolute atomic E-state index is 0.200. The average molecular weight is 386 g/mol. The van der Waals surface area contributed by atoms with Gasteiger partial charge in [-0.1, -0.05) is 18.2 Å². The third-order valence-corrected chi connectivity index (χ3v) is 6.02. The lowest BCUT2D eigenvalue weighted by Crippen LogP contribution is -2.59. The van der Waals surface area contributed by atoms with E-state index in [0.29, 0.717) is 24.9 Å². The highest BCUT2D eigenvalue weighted by Crippen LogP contribution is 2.32. The molecule has 2 amide bonds. The largest absolute Gasteiger partial charge is 0.444 e. The van der Waals surface area contributed by atoms with Crippen molar-refractivity contribution in [3.63, 3.8) is 0 Å². The minimum Gasteiger partial charge on any atom is -0.444 e. The molecule has 0 unspecified atom stereocenters. The molecule has 2 atom stereocenters. The molecule has 0 aliphatic carbocycles. The highest BCUT2D eigenvalue weighted by Gasteiger charge is 2.37. The molecule has 6 nitrogen and oxygen atoms in total. The van der Waals surface area contributed by atoms with Gasteiger partial charge in [0.15, 0.2) is 0 Å². The molecule has 4 rings (SSSR count). The van der Waals surface area contributed by atoms with Crippen molar-refractivity contribution in [3.8, 4) is 0 Å². The summed E-state index contributed by atoms with van der Waals surface area (Å²) in [5, 5.41) is 0. The number of rotatable bonds is 2. The van der Waals surface area contributed by atoms with Crippen molar-refractivity contribution in [1.29, 1.82) is 0 Å². The fourth-order valence-corrected chi connectivity index (χ4v) is 4.67. The Morgan fingerprint density at radius 2 is 1.93 bits per heavy atom. The van der Waals surface area contributed by atoms with Crippen molar-refractivity contribution in [2.45, 2.75) is 51.7 Å². The van der Waals surface area contributed by atoms with Crippen molar-refractivity contribution >= 4 is 17.7 Å². The van der Waals surface area contributed by atoms with Gasteiger partial charge in [0.05, 0.1) is 6.42 Å². The minimum atomic E-state index is -0.454. The summed E-state index contributed by atoms with van der Waals surface area (Å²) in [6.07, 6.45) is 2.48. The molecule has 0 radical (unpaired) electrons. The van der Waals surface area contributed by atoms with E-state index in [9.17, 15) is 9.59 Å². The van der Waals surface area contributed by atoms with Gasteiger partial charge in [-0.2, -0.15) is 0 Å². The number of para-hydroxylation sites is 1. The maximum absolute atomic E-state index is 12.5. The number of anilines is 1. The maximum Gasteiger partial charge on any atom is 0.410 e. The molecule has 3 aliphatic rings. The van der Waals surface area contributed by atoms with Crippen molar-refractivity contribution in [2.75, 3.05) is 37.6 Å². The van der Waals surface area contributed by atoms with E-state index in [1.54, 1.807) is 0 Å². The zero-order valence-corrected chi connectivity index (χ0v) is 17.2. The lowest BCUT2D eigenvalue weighted by atomic mass is 9.90. The van der Waals surface area contributed by atoms with Crippen molar-refractivity contribution in [3.05, 3.63) is 29.8 Å². The lowest BCUT2D eigenvalue weighted by Gasteiger charge is -2.46. The van der Waals surface area contributed by atoms with E-state index in [1.165, 1.54) is 0 Å². The van der Waals surface area contributed by atoms with Crippen molar-refractivity contribution < 1.29 is 14.3 Å². The number of hydrogen-bond donors (Lipinski definition) is 0. The highest BCUT2D eigenvalue weighted by molar-refractivity contribution is 6.01. The van der Waals surface area contributed by atoms with E-state index < -0.39 is 5.60 Å². The number of carbonyl (C=O) groups is 2. The second-order valence-electron chi connectivity index (χ2n) is 9.33. The first-order valence-electron chi connectivity index (χ1n) is 10.4. The third-order valence-electron chi connectivity index (χ3n) is 6.02. The summed E-state index contributed by atoms with van der Waals surface area (Å²) in [4.78, 5) is 31.2. The molecular weight excluding hydrogens is 354 g/mol. The van der Waals surface area contributed by atoms with E-state index >= 15 is 0 Å². The van der Waals surface area contributed by atoms with Gasteiger partial charge in [-0.3, -0.25) is 9.69 Å². The van der Waals surface area contributed by atoms with Crippen LogP contribution in [0.4, 0.5) is 10.5 Å². The molecular formula is C22H31N3O3. The van der Waals surface area contributed by atoms with Gasteiger partial charge in [-0.25, -0.2) is 4.79 Å². The van der Waals surface area contributed by atoms with E-state index in [2.05, 4.69) is 17.0 Å². The summed E-state index contributed by atoms with van der Waals surface area (Å²) in [6.45, 7) is 9.85. The van der Waals surface area contributed by atoms with Gasteiger partial charge in [-0.15, -0.1) is 0 Å². The standard InChI is InChI=1S/C22H31N3O3/c1-22(2,3)28-21(27)24-11-10-23-13-16(8-9-18(23)15-24)14-25-19-7-5-4-6-17(19)12-20(25)26/h4-7,16,18H,8-15H2,1-3H3/t16-,18+/m1/s1. The zero-order chi connectivity index (χ0) is 19.9. The Morgan fingerprint density at radius 3 is 2.71 bits per heavy atom. The molecule has 1 aromatic rings. The average Bonchev–Trinajstić information content (AvgIpc) is 2.95. The first-order valence-corrected chi connectivity index (χ1v) is 10.4. The molecule has 0 bridgehead atoms. The number of amides is 2. The number of piperazine rings is 1. The molecule has 28 heavy (non-hydrogen) atoms. The van der Waals surface area contributed by atoms with Crippen LogP contribution in [0.1, 0.15) is 39.2 Å². The molecule has 0 spiro atoms. The van der Waals surface area contributed by atoms with E-state index in [0.717, 1.165) is 50.3 Å². The van der Waals surface area contributed by atoms with Gasteiger partial charge in [0, 0.05) is 44.5 Å². The Labute approximate surface area is 167 Å². The van der Waals surface area contributed by atoms with Crippen molar-refractivity contribution in [2.24, 2.45) is 5.92 Å². The predicted octanol–water partition coefficient (Wildman–Crippen LogP) is 2.91. The van der Waals surface area contributed by atoms with E-state index in [1.807, 2.05) is 42.7 Å². The number of carbonyl (C=O) groups excluding carboxylic acids is 2. The quantitative estimate of drug-likeness (QED) is 0.786. The number of fused-ring (bicyclic) bond motifs is 2. The molecule has 3 heterocycles. The monoisotopic (exact) mass is 385 g/mol. The normalized spacial score (nSPS) is 25.5. The Bertz CT molecular complexity index is 758. The third kappa shape index (κ3) is 4.02. The van der Waals surface area contributed by atoms with Crippen LogP contribution in [0.15, 0.2) is 24.3 Å². The maximum atomic E-state index is 12.5. The van der Waals surface area contributed by atoms with Crippen LogP contribution in [-0.2, 0) is 16.0 Å². The number of piperidine rings is 1. The van der Waals surface area contributed by atoms with Crippen LogP contribution in [0, 0.1) is 5.92 Å². The topological polar surface area (TPSA) is 53.1 Å². The summed E-state index contributed by atoms with van der Waals surface area (Å²) in [5.74, 6) is 0.706. The Hall–Kier alpha value is -2.08. The van der Waals surface area contributed by atoms with Crippen LogP contribution < -0.4 is 4.90 Å². The first kappa shape index (κ1) is 19.2. The van der Waals surface area contributed by atoms with Gasteiger partial charge in [0.1, 0.15) is 5.60 Å². The molecule has 6 heteroatoms. The Balaban J connectivity index is 1.33. The molecule has 3 aliphatic heterocycles. The predicted molar refractivity (Wildman–Crippen MR) is 108 cm³/mol. The second-order valence-corrected chi connectivity index (χ2v) is 9.33. The lowest BCUT2D eigenvalue weighted by molar-refractivity contribution is -0.117. The smallest absolute Gasteiger partial charge is 0.410 e. The summed E-state index contributed by atoms with van der Waals surface area (Å²) in [5.41, 5.74) is 1.78. The van der Waals surface area contributed by atoms with Crippen LogP contribution >= 0.6 is 0 Å². The van der Waals surface area contributed by atoms with Gasteiger partial charge < -0.3 is 14.5 Å². The SMILES string of the molecule is CC(C)(C)OC(=O)N1CCN2C[C@H](CN3C(=O)Cc4ccccc43)CC[C@H]2C1. The second kappa shape index (κ2) is 7.39. The fourth-order valence-electron chi connectivity index (χ4n) is 4.67. The number of nitrogens with zero attached hydrogens (tertiary/aromatic N) is 3. The van der Waals surface area contributed by atoms with Crippen LogP contribution in [0.25, 0.3) is 0 Å². The molecule has 2 fully saturated rings. The molecule has 0 saturated carbocycles. The molecule has 0 N–H and O–H groups in total. The van der Waals surface area contributed by atoms with Crippen LogP contribution in [0.5, 0.6) is 0 Å². The first-order chi connectivity index (χ1) is 13.3. The zero-order valence-electron chi connectivity index (χ0n) is 17.2. The van der Waals surface area contributed by atoms with E-state index in [-0.39, 0.29) is 12.0 Å². The van der Waals surface area contributed by atoms with Crippen LogP contribution in [-0.4, -0.2) is 66.2 Å². The van der Waals surface area contributed by atoms with Gasteiger partial charge in [-0.05, 0) is 51.2 Å². The number of hydrogen-bond acceptors (Lipinski definition) is 4. The number of benzene rings is 1. The summed E-state index contributed by atoms with van der Waals surface area (Å²) in [6, 6.07) is 8.53. The van der Waals surface area contributed by atoms with Crippen LogP contribution in [0.3, 0.4) is 0 Å². The van der Waals surface area contributed by atoms with Gasteiger partial charge in [0.2, 0.25) is 5.91 Å². The highest BCUT2D eigenvalue weighted by atomic mass is 16.6. The van der Waals surface area contributed by atoms with E-state index in [4.69, 9.17) is 4.74 Å². The summed E-state index contributed by atoms with van der Waals surface area (Å²) < 4.78 is 5.54. The van der Waals surface area contributed by atoms with Crippen LogP contribution in [0.2, 0.25) is 0 Å². The summed E-state index contributed by atoms with van der Waals surface area (Å²) >= 11 is 0. The van der Waals surface area contributed by atoms with Gasteiger partial charge in [0.25, 0.3) is 0 Å².